The second kappa shape index (κ2) is 9.67. The maximum Gasteiger partial charge on any atom is 0.243 e. The number of ketones is 1. The zero-order chi connectivity index (χ0) is 22.6. The summed E-state index contributed by atoms with van der Waals surface area (Å²) < 4.78 is 43.7. The van der Waals surface area contributed by atoms with Crippen LogP contribution in [0.5, 0.6) is 11.5 Å². The van der Waals surface area contributed by atoms with Crippen molar-refractivity contribution in [2.45, 2.75) is 31.0 Å². The lowest BCUT2D eigenvalue weighted by Crippen LogP contribution is -2.48. The van der Waals surface area contributed by atoms with Gasteiger partial charge in [0.25, 0.3) is 0 Å². The maximum atomic E-state index is 13.1. The van der Waals surface area contributed by atoms with Crippen LogP contribution in [0.25, 0.3) is 0 Å². The number of sulfonamides is 1. The molecule has 1 heterocycles. The van der Waals surface area contributed by atoms with Crippen LogP contribution in [0.2, 0.25) is 0 Å². The molecule has 0 bridgehead atoms. The Morgan fingerprint density at radius 1 is 1.10 bits per heavy atom. The molecule has 0 aliphatic carbocycles. The molecule has 168 valence electrons. The van der Waals surface area contributed by atoms with E-state index in [4.69, 9.17) is 14.2 Å². The minimum atomic E-state index is -3.72. The fourth-order valence-corrected chi connectivity index (χ4v) is 5.17. The summed E-state index contributed by atoms with van der Waals surface area (Å²) in [6.45, 7) is 4.24. The molecule has 1 N–H and O–H groups in total. The number of hydrogen-bond acceptors (Lipinski definition) is 7. The molecule has 31 heavy (non-hydrogen) atoms. The highest BCUT2D eigenvalue weighted by atomic mass is 32.2. The smallest absolute Gasteiger partial charge is 0.243 e. The van der Waals surface area contributed by atoms with Gasteiger partial charge in [0.2, 0.25) is 10.0 Å². The lowest BCUT2D eigenvalue weighted by Gasteiger charge is -2.34. The number of methoxy groups -OCH3 is 2. The van der Waals surface area contributed by atoms with Crippen LogP contribution in [0.4, 0.5) is 5.69 Å². The van der Waals surface area contributed by atoms with Gasteiger partial charge >= 0.3 is 0 Å². The topological polar surface area (TPSA) is 94.2 Å². The van der Waals surface area contributed by atoms with Crippen molar-refractivity contribution >= 4 is 21.5 Å². The van der Waals surface area contributed by atoms with E-state index >= 15 is 0 Å². The van der Waals surface area contributed by atoms with Gasteiger partial charge in [0, 0.05) is 24.7 Å². The second-order valence-electron chi connectivity index (χ2n) is 7.45. The first-order chi connectivity index (χ1) is 14.7. The molecule has 1 saturated heterocycles. The van der Waals surface area contributed by atoms with Crippen molar-refractivity contribution in [3.63, 3.8) is 0 Å². The number of rotatable bonds is 8. The van der Waals surface area contributed by atoms with Gasteiger partial charge in [-0.2, -0.15) is 4.31 Å². The van der Waals surface area contributed by atoms with Crippen molar-refractivity contribution in [2.24, 2.45) is 0 Å². The van der Waals surface area contributed by atoms with Crippen LogP contribution < -0.4 is 14.8 Å². The van der Waals surface area contributed by atoms with Crippen LogP contribution >= 0.6 is 0 Å². The molecule has 1 fully saturated rings. The van der Waals surface area contributed by atoms with Crippen molar-refractivity contribution in [3.05, 3.63) is 48.0 Å². The standard InChI is InChI=1S/C22H28N2O6S/c1-15-13-24(14-16(2)30-15)31(26,27)19-7-5-6-17(10-19)21(25)12-23-20-9-8-18(28-3)11-22(20)29-4/h5-11,15-16,23H,12-14H2,1-4H3. The number of anilines is 1. The van der Waals surface area contributed by atoms with Crippen LogP contribution in [-0.4, -0.2) is 64.6 Å². The number of nitrogens with zero attached hydrogens (tertiary/aromatic N) is 1. The largest absolute Gasteiger partial charge is 0.497 e. The van der Waals surface area contributed by atoms with E-state index in [1.807, 2.05) is 13.8 Å². The molecule has 0 radical (unpaired) electrons. The first-order valence-corrected chi connectivity index (χ1v) is 11.4. The molecule has 1 aliphatic heterocycles. The van der Waals surface area contributed by atoms with Gasteiger partial charge in [-0.15, -0.1) is 0 Å². The number of benzene rings is 2. The predicted octanol–water partition coefficient (Wildman–Crippen LogP) is 2.80. The van der Waals surface area contributed by atoms with E-state index in [-0.39, 0.29) is 42.5 Å². The third-order valence-corrected chi connectivity index (χ3v) is 6.86. The molecule has 0 saturated carbocycles. The molecule has 2 unspecified atom stereocenters. The van der Waals surface area contributed by atoms with Crippen LogP contribution in [0.1, 0.15) is 24.2 Å². The summed E-state index contributed by atoms with van der Waals surface area (Å²) in [5.74, 6) is 0.941. The molecule has 9 heteroatoms. The molecule has 0 spiro atoms. The average Bonchev–Trinajstić information content (AvgIpc) is 2.76. The summed E-state index contributed by atoms with van der Waals surface area (Å²) in [6.07, 6.45) is -0.376. The monoisotopic (exact) mass is 448 g/mol. The van der Waals surface area contributed by atoms with E-state index in [1.54, 1.807) is 37.4 Å². The Morgan fingerprint density at radius 2 is 1.81 bits per heavy atom. The quantitative estimate of drug-likeness (QED) is 0.621. The lowest BCUT2D eigenvalue weighted by molar-refractivity contribution is -0.0440. The number of carbonyl (C=O) groups is 1. The van der Waals surface area contributed by atoms with Gasteiger partial charge in [-0.25, -0.2) is 8.42 Å². The number of ether oxygens (including phenoxy) is 3. The first kappa shape index (κ1) is 23.1. The molecular weight excluding hydrogens is 420 g/mol. The summed E-state index contributed by atoms with van der Waals surface area (Å²) in [6, 6.07) is 11.4. The Kier molecular flexibility index (Phi) is 7.19. The summed E-state index contributed by atoms with van der Waals surface area (Å²) >= 11 is 0. The van der Waals surface area contributed by atoms with Crippen molar-refractivity contribution in [3.8, 4) is 11.5 Å². The third kappa shape index (κ3) is 5.36. The molecule has 2 aromatic rings. The van der Waals surface area contributed by atoms with Crippen LogP contribution in [0.3, 0.4) is 0 Å². The summed E-state index contributed by atoms with van der Waals surface area (Å²) in [7, 11) is -0.631. The van der Waals surface area contributed by atoms with E-state index in [1.165, 1.54) is 23.5 Å². The van der Waals surface area contributed by atoms with Crippen molar-refractivity contribution in [1.29, 1.82) is 0 Å². The summed E-state index contributed by atoms with van der Waals surface area (Å²) in [5.41, 5.74) is 0.951. The minimum Gasteiger partial charge on any atom is -0.497 e. The van der Waals surface area contributed by atoms with Crippen molar-refractivity contribution < 1.29 is 27.4 Å². The molecule has 8 nitrogen and oxygen atoms in total. The minimum absolute atomic E-state index is 0.0161. The SMILES string of the molecule is COc1ccc(NCC(=O)c2cccc(S(=O)(=O)N3CC(C)OC(C)C3)c2)c(OC)c1. The highest BCUT2D eigenvalue weighted by molar-refractivity contribution is 7.89. The molecule has 1 aliphatic rings. The van der Waals surface area contributed by atoms with Gasteiger partial charge in [-0.3, -0.25) is 4.79 Å². The molecule has 0 aromatic heterocycles. The molecule has 3 rings (SSSR count). The van der Waals surface area contributed by atoms with Gasteiger partial charge in [-0.1, -0.05) is 12.1 Å². The van der Waals surface area contributed by atoms with Gasteiger partial charge in [0.15, 0.2) is 5.78 Å². The Morgan fingerprint density at radius 3 is 2.45 bits per heavy atom. The molecule has 2 aromatic carbocycles. The molecular formula is C22H28N2O6S. The lowest BCUT2D eigenvalue weighted by atomic mass is 10.1. The zero-order valence-electron chi connectivity index (χ0n) is 18.1. The highest BCUT2D eigenvalue weighted by Gasteiger charge is 2.32. The fraction of sp³-hybridized carbons (Fsp3) is 0.409. The highest BCUT2D eigenvalue weighted by Crippen LogP contribution is 2.29. The zero-order valence-corrected chi connectivity index (χ0v) is 18.9. The third-order valence-electron chi connectivity index (χ3n) is 5.03. The van der Waals surface area contributed by atoms with E-state index in [0.29, 0.717) is 22.7 Å². The fourth-order valence-electron chi connectivity index (χ4n) is 3.53. The van der Waals surface area contributed by atoms with Gasteiger partial charge in [0.1, 0.15) is 11.5 Å². The normalized spacial score (nSPS) is 19.6. The van der Waals surface area contributed by atoms with Gasteiger partial charge in [0.05, 0.1) is 43.6 Å². The van der Waals surface area contributed by atoms with E-state index < -0.39 is 10.0 Å². The first-order valence-electron chi connectivity index (χ1n) is 9.99. The average molecular weight is 449 g/mol. The number of hydrogen-bond donors (Lipinski definition) is 1. The Labute approximate surface area is 183 Å². The van der Waals surface area contributed by atoms with Crippen molar-refractivity contribution in [2.75, 3.05) is 39.2 Å². The van der Waals surface area contributed by atoms with Gasteiger partial charge in [-0.05, 0) is 38.1 Å². The second-order valence-corrected chi connectivity index (χ2v) is 9.39. The predicted molar refractivity (Wildman–Crippen MR) is 118 cm³/mol. The number of carbonyl (C=O) groups excluding carboxylic acids is 1. The number of nitrogens with one attached hydrogen (secondary N) is 1. The summed E-state index contributed by atoms with van der Waals surface area (Å²) in [4.78, 5) is 12.8. The Balaban J connectivity index is 1.75. The Bertz CT molecular complexity index is 1030. The van der Waals surface area contributed by atoms with E-state index in [9.17, 15) is 13.2 Å². The van der Waals surface area contributed by atoms with Crippen molar-refractivity contribution in [1.82, 2.24) is 4.31 Å². The Hall–Kier alpha value is -2.62. The van der Waals surface area contributed by atoms with Crippen LogP contribution in [0.15, 0.2) is 47.4 Å². The number of Topliss-reactive ketones (excluding diaryl/α,β-unsaturated/α-hetero) is 1. The maximum absolute atomic E-state index is 13.1. The summed E-state index contributed by atoms with van der Waals surface area (Å²) in [5, 5.41) is 3.04. The number of morpholine rings is 1. The van der Waals surface area contributed by atoms with Crippen LogP contribution in [0, 0.1) is 0 Å². The van der Waals surface area contributed by atoms with Gasteiger partial charge < -0.3 is 19.5 Å². The molecule has 0 amide bonds. The van der Waals surface area contributed by atoms with E-state index in [2.05, 4.69) is 5.32 Å². The van der Waals surface area contributed by atoms with E-state index in [0.717, 1.165) is 0 Å². The molecule has 2 atom stereocenters. The van der Waals surface area contributed by atoms with Crippen LogP contribution in [-0.2, 0) is 14.8 Å².